The Kier molecular flexibility index (Phi) is 16.3. The second kappa shape index (κ2) is 16.6. The minimum atomic E-state index is -4.46. The molecule has 150 valence electrons. The molecular weight excluding hydrogens is 361 g/mol. The highest BCUT2D eigenvalue weighted by Gasteiger charge is 2.28. The molecule has 1 aromatic rings. The van der Waals surface area contributed by atoms with Crippen LogP contribution >= 0.6 is 0 Å². The summed E-state index contributed by atoms with van der Waals surface area (Å²) < 4.78 is 42.1. The van der Waals surface area contributed by atoms with E-state index in [1.54, 1.807) is 0 Å². The van der Waals surface area contributed by atoms with Crippen LogP contribution in [0.4, 0.5) is 13.2 Å². The first-order valence-electron chi connectivity index (χ1n) is 8.02. The zero-order valence-electron chi connectivity index (χ0n) is 15.3. The van der Waals surface area contributed by atoms with E-state index in [2.05, 4.69) is 29.2 Å². The predicted molar refractivity (Wildman–Crippen MR) is 99.8 cm³/mol. The molecule has 0 saturated carbocycles. The van der Waals surface area contributed by atoms with Crippen molar-refractivity contribution in [3.8, 4) is 0 Å². The second-order valence-electron chi connectivity index (χ2n) is 4.77. The zero-order valence-corrected chi connectivity index (χ0v) is 15.3. The van der Waals surface area contributed by atoms with E-state index in [9.17, 15) is 22.8 Å². The van der Waals surface area contributed by atoms with Gasteiger partial charge in [0.1, 0.15) is 0 Å². The van der Waals surface area contributed by atoms with E-state index in [4.69, 9.17) is 0 Å². The van der Waals surface area contributed by atoms with Gasteiger partial charge in [0.25, 0.3) is 0 Å². The monoisotopic (exact) mass is 386 g/mol. The topological polar surface area (TPSA) is 52.6 Å². The molecule has 0 aliphatic carbocycles. The smallest absolute Gasteiger partial charge is 0.422 e. The molecule has 0 radical (unpaired) electrons. The van der Waals surface area contributed by atoms with Gasteiger partial charge >= 0.3 is 18.1 Å². The first-order valence-corrected chi connectivity index (χ1v) is 8.02. The van der Waals surface area contributed by atoms with Crippen LogP contribution in [0.15, 0.2) is 62.2 Å². The maximum Gasteiger partial charge on any atom is 0.422 e. The van der Waals surface area contributed by atoms with Crippen molar-refractivity contribution in [2.75, 3.05) is 13.2 Å². The summed E-state index contributed by atoms with van der Waals surface area (Å²) in [7, 11) is 0. The van der Waals surface area contributed by atoms with Gasteiger partial charge in [0.05, 0.1) is 6.61 Å². The fourth-order valence-corrected chi connectivity index (χ4v) is 1.18. The third-order valence-corrected chi connectivity index (χ3v) is 2.49. The number of benzene rings is 1. The lowest BCUT2D eigenvalue weighted by Crippen LogP contribution is -2.19. The Morgan fingerprint density at radius 2 is 1.52 bits per heavy atom. The second-order valence-corrected chi connectivity index (χ2v) is 4.77. The number of halogens is 3. The molecule has 7 heteroatoms. The van der Waals surface area contributed by atoms with E-state index in [-0.39, 0.29) is 5.97 Å². The van der Waals surface area contributed by atoms with Gasteiger partial charge in [-0.15, -0.1) is 0 Å². The number of hydrogen-bond donors (Lipinski definition) is 0. The number of esters is 2. The number of carbonyl (C=O) groups excluding carboxylic acids is 2. The van der Waals surface area contributed by atoms with Crippen LogP contribution in [0.5, 0.6) is 0 Å². The summed E-state index contributed by atoms with van der Waals surface area (Å²) >= 11 is 0. The van der Waals surface area contributed by atoms with Crippen molar-refractivity contribution in [1.29, 1.82) is 0 Å². The highest BCUT2D eigenvalue weighted by molar-refractivity contribution is 5.81. The van der Waals surface area contributed by atoms with Crippen molar-refractivity contribution < 1.29 is 32.2 Å². The van der Waals surface area contributed by atoms with Crippen LogP contribution in [0.3, 0.4) is 0 Å². The molecule has 1 aromatic carbocycles. The first kappa shape index (κ1) is 26.4. The maximum absolute atomic E-state index is 11.2. The Labute approximate surface area is 158 Å². The minimum absolute atomic E-state index is 0.330. The molecule has 0 amide bonds. The summed E-state index contributed by atoms with van der Waals surface area (Å²) in [5.41, 5.74) is 1.17. The SMILES string of the molecule is C=CC(=O)OCC(F)(F)F.C=CC(=O)OCCCC.C=Cc1ccccc1. The fourth-order valence-electron chi connectivity index (χ4n) is 1.18. The van der Waals surface area contributed by atoms with Crippen LogP contribution in [0.25, 0.3) is 6.08 Å². The maximum atomic E-state index is 11.2. The van der Waals surface area contributed by atoms with Crippen molar-refractivity contribution in [3.05, 3.63) is 67.8 Å². The van der Waals surface area contributed by atoms with Crippen LogP contribution in [0, 0.1) is 0 Å². The van der Waals surface area contributed by atoms with Gasteiger partial charge < -0.3 is 9.47 Å². The molecule has 0 fully saturated rings. The summed E-state index contributed by atoms with van der Waals surface area (Å²) in [6.45, 7) is 10.8. The van der Waals surface area contributed by atoms with Crippen LogP contribution in [-0.2, 0) is 19.1 Å². The lowest BCUT2D eigenvalue weighted by Gasteiger charge is -2.04. The number of ether oxygens (including phenoxy) is 2. The van der Waals surface area contributed by atoms with E-state index in [0.717, 1.165) is 12.8 Å². The molecule has 0 unspecified atom stereocenters. The van der Waals surface area contributed by atoms with Gasteiger partial charge in [-0.1, -0.05) is 69.5 Å². The van der Waals surface area contributed by atoms with Crippen LogP contribution in [-0.4, -0.2) is 31.3 Å². The van der Waals surface area contributed by atoms with Gasteiger partial charge in [-0.3, -0.25) is 0 Å². The lowest BCUT2D eigenvalue weighted by atomic mass is 10.2. The average Bonchev–Trinajstić information content (AvgIpc) is 2.67. The quantitative estimate of drug-likeness (QED) is 0.371. The van der Waals surface area contributed by atoms with Gasteiger partial charge in [-0.25, -0.2) is 9.59 Å². The number of hydrogen-bond acceptors (Lipinski definition) is 4. The molecule has 27 heavy (non-hydrogen) atoms. The fraction of sp³-hybridized carbons (Fsp3) is 0.300. The summed E-state index contributed by atoms with van der Waals surface area (Å²) in [5.74, 6) is -1.40. The molecular formula is C20H25F3O4. The van der Waals surface area contributed by atoms with Crippen LogP contribution in [0.2, 0.25) is 0 Å². The van der Waals surface area contributed by atoms with Crippen molar-refractivity contribution >= 4 is 18.0 Å². The molecule has 0 N–H and O–H groups in total. The van der Waals surface area contributed by atoms with Crippen LogP contribution in [0.1, 0.15) is 25.3 Å². The van der Waals surface area contributed by atoms with Crippen LogP contribution < -0.4 is 0 Å². The van der Waals surface area contributed by atoms with Crippen molar-refractivity contribution in [2.45, 2.75) is 25.9 Å². The van der Waals surface area contributed by atoms with Gasteiger partial charge in [-0.2, -0.15) is 13.2 Å². The minimum Gasteiger partial charge on any atom is -0.463 e. The van der Waals surface area contributed by atoms with E-state index in [1.807, 2.05) is 43.3 Å². The molecule has 0 aromatic heterocycles. The number of rotatable bonds is 7. The highest BCUT2D eigenvalue weighted by Crippen LogP contribution is 2.14. The van der Waals surface area contributed by atoms with E-state index >= 15 is 0 Å². The average molecular weight is 386 g/mol. The Hall–Kier alpha value is -2.83. The van der Waals surface area contributed by atoms with Crippen molar-refractivity contribution in [1.82, 2.24) is 0 Å². The van der Waals surface area contributed by atoms with Crippen molar-refractivity contribution in [2.24, 2.45) is 0 Å². The van der Waals surface area contributed by atoms with E-state index in [1.165, 1.54) is 11.6 Å². The molecule has 4 nitrogen and oxygen atoms in total. The first-order chi connectivity index (χ1) is 12.7. The molecule has 0 spiro atoms. The zero-order chi connectivity index (χ0) is 21.1. The van der Waals surface area contributed by atoms with E-state index in [0.29, 0.717) is 12.7 Å². The van der Waals surface area contributed by atoms with Crippen molar-refractivity contribution in [3.63, 3.8) is 0 Å². The third kappa shape index (κ3) is 21.1. The Morgan fingerprint density at radius 3 is 1.89 bits per heavy atom. The Bertz CT molecular complexity index is 566. The Balaban J connectivity index is 0. The molecule has 0 aliphatic heterocycles. The highest BCUT2D eigenvalue weighted by atomic mass is 19.4. The lowest BCUT2D eigenvalue weighted by molar-refractivity contribution is -0.182. The third-order valence-electron chi connectivity index (χ3n) is 2.49. The summed E-state index contributed by atoms with van der Waals surface area (Å²) in [6, 6.07) is 10.0. The Morgan fingerprint density at radius 1 is 1.00 bits per heavy atom. The molecule has 0 bridgehead atoms. The van der Waals surface area contributed by atoms with Gasteiger partial charge in [0, 0.05) is 12.2 Å². The molecule has 0 saturated heterocycles. The summed E-state index contributed by atoms with van der Waals surface area (Å²) in [5, 5.41) is 0. The number of carbonyl (C=O) groups is 2. The van der Waals surface area contributed by atoms with Gasteiger partial charge in [-0.05, 0) is 12.0 Å². The largest absolute Gasteiger partial charge is 0.463 e. The normalized spacial score (nSPS) is 9.33. The number of alkyl halides is 3. The predicted octanol–water partition coefficient (Wildman–Crippen LogP) is 5.12. The molecule has 0 atom stereocenters. The number of unbranched alkanes of at least 4 members (excludes halogenated alkanes) is 1. The molecule has 0 heterocycles. The summed E-state index contributed by atoms with van der Waals surface area (Å²) in [4.78, 5) is 20.4. The standard InChI is InChI=1S/C8H8.C7H12O2.C5H5F3O2/c1-2-8-6-4-3-5-7-8;1-3-5-6-9-7(8)4-2;1-2-4(9)10-3-5(6,7)8/h2-7H,1H2;4H,2-3,5-6H2,1H3;2H,1,3H2. The van der Waals surface area contributed by atoms with Gasteiger partial charge in [0.2, 0.25) is 0 Å². The summed E-state index contributed by atoms with van der Waals surface area (Å²) in [6.07, 6.45) is 1.20. The van der Waals surface area contributed by atoms with E-state index < -0.39 is 18.8 Å². The molecule has 0 aliphatic rings. The molecule has 1 rings (SSSR count). The van der Waals surface area contributed by atoms with Gasteiger partial charge in [0.15, 0.2) is 6.61 Å².